The minimum absolute atomic E-state index is 0.160. The van der Waals surface area contributed by atoms with Gasteiger partial charge in [-0.2, -0.15) is 4.80 Å². The number of nitrogens with zero attached hydrogens (tertiary/aromatic N) is 7. The van der Waals surface area contributed by atoms with Crippen LogP contribution >= 0.6 is 0 Å². The van der Waals surface area contributed by atoms with Crippen LogP contribution in [0.5, 0.6) is 5.75 Å². The highest BCUT2D eigenvalue weighted by Gasteiger charge is 2.31. The van der Waals surface area contributed by atoms with Crippen molar-refractivity contribution in [2.45, 2.75) is 59.1 Å². The minimum atomic E-state index is -4.75. The Bertz CT molecular complexity index is 1430. The summed E-state index contributed by atoms with van der Waals surface area (Å²) in [5.74, 6) is 0.627. The smallest absolute Gasteiger partial charge is 0.406 e. The number of H-pyrrole nitrogens is 1. The lowest BCUT2D eigenvalue weighted by Gasteiger charge is -2.10. The van der Waals surface area contributed by atoms with Gasteiger partial charge in [-0.15, -0.1) is 23.4 Å². The molecule has 0 unspecified atom stereocenters. The average Bonchev–Trinajstić information content (AvgIpc) is 3.40. The number of alkyl halides is 3. The van der Waals surface area contributed by atoms with E-state index < -0.39 is 17.6 Å². The molecular formula is C21H23F3N8O3. The third-order valence-electron chi connectivity index (χ3n) is 5.18. The fourth-order valence-corrected chi connectivity index (χ4v) is 3.71. The second-order valence-corrected chi connectivity index (χ2v) is 7.94. The highest BCUT2D eigenvalue weighted by molar-refractivity contribution is 5.69. The van der Waals surface area contributed by atoms with Crippen molar-refractivity contribution in [2.24, 2.45) is 0 Å². The summed E-state index contributed by atoms with van der Waals surface area (Å²) in [5.41, 5.74) is 0.494. The Labute approximate surface area is 196 Å². The van der Waals surface area contributed by atoms with Crippen molar-refractivity contribution in [1.29, 1.82) is 0 Å². The molecule has 0 atom stereocenters. The number of nitrogens with one attached hydrogen (secondary N) is 1. The molecule has 0 saturated carbocycles. The molecule has 0 spiro atoms. The zero-order valence-electron chi connectivity index (χ0n) is 19.0. The van der Waals surface area contributed by atoms with Gasteiger partial charge in [0.1, 0.15) is 17.1 Å². The number of benzene rings is 1. The van der Waals surface area contributed by atoms with E-state index in [2.05, 4.69) is 30.1 Å². The van der Waals surface area contributed by atoms with Crippen LogP contribution in [0.2, 0.25) is 0 Å². The van der Waals surface area contributed by atoms with Gasteiger partial charge in [-0.1, -0.05) is 19.1 Å². The second kappa shape index (κ2) is 9.72. The van der Waals surface area contributed by atoms with E-state index >= 15 is 0 Å². The van der Waals surface area contributed by atoms with Crippen LogP contribution in [-0.2, 0) is 26.1 Å². The first kappa shape index (κ1) is 24.2. The summed E-state index contributed by atoms with van der Waals surface area (Å²) in [5, 5.41) is 12.2. The Kier molecular flexibility index (Phi) is 6.71. The highest BCUT2D eigenvalue weighted by Crippen LogP contribution is 2.23. The minimum Gasteiger partial charge on any atom is -0.406 e. The summed E-state index contributed by atoms with van der Waals surface area (Å²) >= 11 is 0. The number of imidazole rings is 1. The van der Waals surface area contributed by atoms with Crippen LogP contribution in [0.3, 0.4) is 0 Å². The van der Waals surface area contributed by atoms with E-state index in [0.29, 0.717) is 54.3 Å². The van der Waals surface area contributed by atoms with Gasteiger partial charge >= 0.3 is 12.1 Å². The predicted octanol–water partition coefficient (Wildman–Crippen LogP) is 2.17. The lowest BCUT2D eigenvalue weighted by Crippen LogP contribution is -2.40. The first-order valence-electron chi connectivity index (χ1n) is 11.0. The molecule has 35 heavy (non-hydrogen) atoms. The van der Waals surface area contributed by atoms with Gasteiger partial charge in [-0.05, 0) is 42.7 Å². The molecule has 0 amide bonds. The normalized spacial score (nSPS) is 11.9. The number of tetrazole rings is 1. The van der Waals surface area contributed by atoms with Crippen molar-refractivity contribution in [3.8, 4) is 5.75 Å². The lowest BCUT2D eigenvalue weighted by atomic mass is 10.1. The quantitative estimate of drug-likeness (QED) is 0.380. The van der Waals surface area contributed by atoms with Gasteiger partial charge in [0, 0.05) is 19.5 Å². The Morgan fingerprint density at radius 1 is 1.06 bits per heavy atom. The van der Waals surface area contributed by atoms with Crippen molar-refractivity contribution >= 4 is 11.2 Å². The molecular weight excluding hydrogens is 469 g/mol. The molecule has 0 aliphatic carbocycles. The van der Waals surface area contributed by atoms with Crippen LogP contribution in [0.4, 0.5) is 13.2 Å². The molecule has 0 aliphatic rings. The third kappa shape index (κ3) is 5.58. The zero-order chi connectivity index (χ0) is 25.2. The molecule has 3 heterocycles. The molecule has 0 fully saturated rings. The van der Waals surface area contributed by atoms with Crippen LogP contribution in [0, 0.1) is 6.92 Å². The van der Waals surface area contributed by atoms with Crippen molar-refractivity contribution in [3.05, 3.63) is 62.3 Å². The molecule has 1 aromatic carbocycles. The Hall–Kier alpha value is -3.97. The number of aryl methyl sites for hydroxylation is 3. The number of aromatic amines is 1. The van der Waals surface area contributed by atoms with Gasteiger partial charge in [0.25, 0.3) is 5.56 Å². The van der Waals surface area contributed by atoms with Crippen molar-refractivity contribution in [2.75, 3.05) is 0 Å². The number of halogens is 3. The molecule has 1 N–H and O–H groups in total. The number of fused-ring (bicyclic) bond motifs is 1. The lowest BCUT2D eigenvalue weighted by molar-refractivity contribution is -0.274. The molecule has 4 aromatic rings. The SMILES string of the molecule is CCCn1c(=O)n(CCCn2nnc(Cc3ccc(OC(F)(F)F)cc3)n2)c(=O)c2[nH]c(C)nc21. The standard InChI is InChI=1S/C21H23F3N8O3/c1-3-9-30-18-17(25-13(2)26-18)19(33)31(20(30)34)10-4-11-32-28-16(27-29-32)12-14-5-7-15(8-6-14)35-21(22,23)24/h5-8H,3-4,9-12H2,1-2H3,(H,25,26). The van der Waals surface area contributed by atoms with E-state index in [9.17, 15) is 22.8 Å². The first-order chi connectivity index (χ1) is 16.6. The second-order valence-electron chi connectivity index (χ2n) is 7.94. The molecule has 186 valence electrons. The molecule has 11 nitrogen and oxygen atoms in total. The first-order valence-corrected chi connectivity index (χ1v) is 11.0. The summed E-state index contributed by atoms with van der Waals surface area (Å²) in [6.07, 6.45) is -3.37. The van der Waals surface area contributed by atoms with E-state index in [1.807, 2.05) is 6.92 Å². The van der Waals surface area contributed by atoms with Crippen molar-refractivity contribution in [3.63, 3.8) is 0 Å². The summed E-state index contributed by atoms with van der Waals surface area (Å²) in [6.45, 7) is 4.57. The van der Waals surface area contributed by atoms with Crippen molar-refractivity contribution in [1.82, 2.24) is 39.3 Å². The van der Waals surface area contributed by atoms with Crippen LogP contribution in [-0.4, -0.2) is 45.7 Å². The van der Waals surface area contributed by atoms with E-state index in [-0.39, 0.29) is 18.7 Å². The van der Waals surface area contributed by atoms with Gasteiger partial charge in [0.05, 0.1) is 6.54 Å². The zero-order valence-corrected chi connectivity index (χ0v) is 19.0. The monoisotopic (exact) mass is 492 g/mol. The molecule has 3 aromatic heterocycles. The van der Waals surface area contributed by atoms with Gasteiger partial charge in [0.2, 0.25) is 0 Å². The van der Waals surface area contributed by atoms with Gasteiger partial charge < -0.3 is 9.72 Å². The number of ether oxygens (including phenoxy) is 1. The fraction of sp³-hybridized carbons (Fsp3) is 0.429. The van der Waals surface area contributed by atoms with E-state index in [1.54, 1.807) is 6.92 Å². The molecule has 0 saturated heterocycles. The fourth-order valence-electron chi connectivity index (χ4n) is 3.71. The molecule has 0 aliphatic heterocycles. The van der Waals surface area contributed by atoms with Crippen LogP contribution in [0.15, 0.2) is 33.9 Å². The molecule has 0 bridgehead atoms. The maximum atomic E-state index is 12.9. The molecule has 14 heteroatoms. The average molecular weight is 492 g/mol. The summed E-state index contributed by atoms with van der Waals surface area (Å²) in [6, 6.07) is 5.41. The van der Waals surface area contributed by atoms with Crippen LogP contribution in [0.1, 0.15) is 37.0 Å². The van der Waals surface area contributed by atoms with E-state index in [4.69, 9.17) is 0 Å². The Balaban J connectivity index is 1.41. The number of hydrogen-bond acceptors (Lipinski definition) is 7. The number of hydrogen-bond donors (Lipinski definition) is 1. The number of aromatic nitrogens is 8. The Morgan fingerprint density at radius 2 is 1.80 bits per heavy atom. The maximum Gasteiger partial charge on any atom is 0.573 e. The highest BCUT2D eigenvalue weighted by atomic mass is 19.4. The Morgan fingerprint density at radius 3 is 2.49 bits per heavy atom. The van der Waals surface area contributed by atoms with Gasteiger partial charge in [-0.3, -0.25) is 13.9 Å². The van der Waals surface area contributed by atoms with Crippen LogP contribution in [0.25, 0.3) is 11.2 Å². The topological polar surface area (TPSA) is 126 Å². The predicted molar refractivity (Wildman–Crippen MR) is 118 cm³/mol. The van der Waals surface area contributed by atoms with Gasteiger partial charge in [0.15, 0.2) is 11.5 Å². The summed E-state index contributed by atoms with van der Waals surface area (Å²) in [7, 11) is 0. The summed E-state index contributed by atoms with van der Waals surface area (Å²) < 4.78 is 43.4. The number of rotatable bonds is 9. The van der Waals surface area contributed by atoms with Crippen molar-refractivity contribution < 1.29 is 17.9 Å². The maximum absolute atomic E-state index is 12.9. The summed E-state index contributed by atoms with van der Waals surface area (Å²) in [4.78, 5) is 34.3. The third-order valence-corrected chi connectivity index (χ3v) is 5.18. The molecule has 0 radical (unpaired) electrons. The molecule has 4 rings (SSSR count). The van der Waals surface area contributed by atoms with E-state index in [0.717, 1.165) is 0 Å². The van der Waals surface area contributed by atoms with Crippen LogP contribution < -0.4 is 16.0 Å². The van der Waals surface area contributed by atoms with Gasteiger partial charge in [-0.25, -0.2) is 9.78 Å². The largest absolute Gasteiger partial charge is 0.573 e. The van der Waals surface area contributed by atoms with E-state index in [1.165, 1.54) is 38.2 Å².